The van der Waals surface area contributed by atoms with Crippen LogP contribution in [0.1, 0.15) is 10.8 Å². The molecule has 2 aromatic rings. The molecule has 0 radical (unpaired) electrons. The molecule has 0 aliphatic carbocycles. The summed E-state index contributed by atoms with van der Waals surface area (Å²) in [6.07, 6.45) is 0. The third-order valence-electron chi connectivity index (χ3n) is 2.76. The van der Waals surface area contributed by atoms with Gasteiger partial charge in [-0.3, -0.25) is 4.79 Å². The van der Waals surface area contributed by atoms with Crippen LogP contribution < -0.4 is 5.32 Å². The van der Waals surface area contributed by atoms with Crippen LogP contribution in [0.5, 0.6) is 0 Å². The number of aliphatic hydroxyl groups excluding tert-OH is 1. The van der Waals surface area contributed by atoms with Gasteiger partial charge in [0.05, 0.1) is 6.61 Å². The van der Waals surface area contributed by atoms with E-state index >= 15 is 0 Å². The van der Waals surface area contributed by atoms with E-state index in [-0.39, 0.29) is 17.8 Å². The predicted octanol–water partition coefficient (Wildman–Crippen LogP) is 3.09. The molecular weight excluding hydrogens is 270 g/mol. The summed E-state index contributed by atoms with van der Waals surface area (Å²) in [6.45, 7) is 0.0621. The van der Waals surface area contributed by atoms with Crippen LogP contribution in [0, 0.1) is 0 Å². The number of anilines is 1. The molecule has 0 heterocycles. The van der Waals surface area contributed by atoms with Crippen LogP contribution in [0.2, 0.25) is 0 Å². The first-order valence-electron chi connectivity index (χ1n) is 6.44. The maximum Gasteiger partial charge on any atom is 0.241 e. The zero-order chi connectivity index (χ0) is 14.2. The average molecular weight is 287 g/mol. The summed E-state index contributed by atoms with van der Waals surface area (Å²) in [5, 5.41) is 11.6. The van der Waals surface area contributed by atoms with Gasteiger partial charge in [-0.1, -0.05) is 48.5 Å². The number of nitrogens with one attached hydrogen (secondary N) is 1. The lowest BCUT2D eigenvalue weighted by atomic mass is 10.1. The Bertz CT molecular complexity index is 531. The summed E-state index contributed by atoms with van der Waals surface area (Å²) in [5.74, 6) is 0.461. The van der Waals surface area contributed by atoms with Gasteiger partial charge in [-0.15, -0.1) is 11.8 Å². The Morgan fingerprint density at radius 1 is 1.05 bits per heavy atom. The molecule has 1 unspecified atom stereocenters. The molecule has 0 aliphatic rings. The maximum atomic E-state index is 12.4. The topological polar surface area (TPSA) is 49.3 Å². The summed E-state index contributed by atoms with van der Waals surface area (Å²) >= 11 is 1.44. The van der Waals surface area contributed by atoms with Crippen molar-refractivity contribution in [3.63, 3.8) is 0 Å². The number of hydrogen-bond donors (Lipinski definition) is 2. The van der Waals surface area contributed by atoms with Crippen LogP contribution >= 0.6 is 11.8 Å². The van der Waals surface area contributed by atoms with Crippen molar-refractivity contribution in [2.75, 3.05) is 17.7 Å². The Morgan fingerprint density at radius 3 is 2.25 bits per heavy atom. The van der Waals surface area contributed by atoms with Crippen LogP contribution in [-0.4, -0.2) is 23.4 Å². The summed E-state index contributed by atoms with van der Waals surface area (Å²) in [6, 6.07) is 19.0. The lowest BCUT2D eigenvalue weighted by Gasteiger charge is -2.16. The van der Waals surface area contributed by atoms with Gasteiger partial charge in [0.25, 0.3) is 0 Å². The molecule has 20 heavy (non-hydrogen) atoms. The number of thioether (sulfide) groups is 1. The number of carbonyl (C=O) groups excluding carboxylic acids is 1. The number of amides is 1. The second kappa shape index (κ2) is 7.72. The van der Waals surface area contributed by atoms with Crippen molar-refractivity contribution in [2.24, 2.45) is 0 Å². The molecule has 3 nitrogen and oxygen atoms in total. The van der Waals surface area contributed by atoms with Gasteiger partial charge in [0.1, 0.15) is 5.25 Å². The SMILES string of the molecule is O=C(Nc1ccccc1)C(SCCO)c1ccccc1. The quantitative estimate of drug-likeness (QED) is 0.858. The number of rotatable bonds is 6. The summed E-state index contributed by atoms with van der Waals surface area (Å²) in [4.78, 5) is 12.4. The molecule has 0 aliphatic heterocycles. The van der Waals surface area contributed by atoms with Crippen molar-refractivity contribution < 1.29 is 9.90 Å². The number of hydrogen-bond acceptors (Lipinski definition) is 3. The predicted molar refractivity (Wildman–Crippen MR) is 83.8 cm³/mol. The van der Waals surface area contributed by atoms with E-state index in [1.807, 2.05) is 60.7 Å². The number of benzene rings is 2. The highest BCUT2D eigenvalue weighted by Crippen LogP contribution is 2.29. The fourth-order valence-electron chi connectivity index (χ4n) is 1.85. The van der Waals surface area contributed by atoms with Crippen molar-refractivity contribution in [3.05, 3.63) is 66.2 Å². The van der Waals surface area contributed by atoms with E-state index in [1.165, 1.54) is 11.8 Å². The molecule has 0 aromatic heterocycles. The van der Waals surface area contributed by atoms with Gasteiger partial charge in [-0.2, -0.15) is 0 Å². The summed E-state index contributed by atoms with van der Waals surface area (Å²) in [7, 11) is 0. The Balaban J connectivity index is 2.12. The molecule has 1 amide bonds. The van der Waals surface area contributed by atoms with Crippen molar-refractivity contribution in [2.45, 2.75) is 5.25 Å². The molecule has 0 saturated heterocycles. The molecule has 0 spiro atoms. The lowest BCUT2D eigenvalue weighted by Crippen LogP contribution is -2.19. The van der Waals surface area contributed by atoms with Crippen LogP contribution in [0.15, 0.2) is 60.7 Å². The van der Waals surface area contributed by atoms with E-state index in [9.17, 15) is 4.79 Å². The Morgan fingerprint density at radius 2 is 1.65 bits per heavy atom. The highest BCUT2D eigenvalue weighted by Gasteiger charge is 2.20. The first-order valence-corrected chi connectivity index (χ1v) is 7.49. The minimum Gasteiger partial charge on any atom is -0.396 e. The third-order valence-corrected chi connectivity index (χ3v) is 4.00. The molecular formula is C16H17NO2S. The molecule has 4 heteroatoms. The van der Waals surface area contributed by atoms with Gasteiger partial charge in [-0.25, -0.2) is 0 Å². The molecule has 1 atom stereocenters. The first-order chi connectivity index (χ1) is 9.81. The zero-order valence-electron chi connectivity index (χ0n) is 11.0. The molecule has 0 fully saturated rings. The van der Waals surface area contributed by atoms with Gasteiger partial charge in [0, 0.05) is 11.4 Å². The Kier molecular flexibility index (Phi) is 5.65. The molecule has 2 rings (SSSR count). The average Bonchev–Trinajstić information content (AvgIpc) is 2.50. The fourth-order valence-corrected chi connectivity index (χ4v) is 2.75. The van der Waals surface area contributed by atoms with Gasteiger partial charge in [0.2, 0.25) is 5.91 Å². The van der Waals surface area contributed by atoms with E-state index in [2.05, 4.69) is 5.32 Å². The van der Waals surface area contributed by atoms with E-state index in [4.69, 9.17) is 5.11 Å². The minimum atomic E-state index is -0.316. The van der Waals surface area contributed by atoms with Crippen LogP contribution in [0.4, 0.5) is 5.69 Å². The largest absolute Gasteiger partial charge is 0.396 e. The molecule has 2 aromatic carbocycles. The van der Waals surface area contributed by atoms with Crippen LogP contribution in [0.3, 0.4) is 0 Å². The monoisotopic (exact) mass is 287 g/mol. The molecule has 0 saturated carbocycles. The maximum absolute atomic E-state index is 12.4. The van der Waals surface area contributed by atoms with E-state index in [1.54, 1.807) is 0 Å². The third kappa shape index (κ3) is 4.11. The van der Waals surface area contributed by atoms with Crippen LogP contribution in [0.25, 0.3) is 0 Å². The Labute approximate surface area is 123 Å². The van der Waals surface area contributed by atoms with Gasteiger partial charge >= 0.3 is 0 Å². The summed E-state index contributed by atoms with van der Waals surface area (Å²) < 4.78 is 0. The van der Waals surface area contributed by atoms with Gasteiger partial charge in [0.15, 0.2) is 0 Å². The lowest BCUT2D eigenvalue weighted by molar-refractivity contribution is -0.115. The standard InChI is InChI=1S/C16H17NO2S/c18-11-12-20-15(13-7-3-1-4-8-13)16(19)17-14-9-5-2-6-10-14/h1-10,15,18H,11-12H2,(H,17,19). The fraction of sp³-hybridized carbons (Fsp3) is 0.188. The highest BCUT2D eigenvalue weighted by molar-refractivity contribution is 8.00. The highest BCUT2D eigenvalue weighted by atomic mass is 32.2. The second-order valence-corrected chi connectivity index (χ2v) is 5.45. The van der Waals surface area contributed by atoms with Crippen molar-refractivity contribution in [3.8, 4) is 0 Å². The smallest absolute Gasteiger partial charge is 0.241 e. The zero-order valence-corrected chi connectivity index (χ0v) is 11.8. The van der Waals surface area contributed by atoms with E-state index in [0.717, 1.165) is 11.3 Å². The van der Waals surface area contributed by atoms with Crippen molar-refractivity contribution in [1.82, 2.24) is 0 Å². The molecule has 0 bridgehead atoms. The van der Waals surface area contributed by atoms with Crippen molar-refractivity contribution in [1.29, 1.82) is 0 Å². The minimum absolute atomic E-state index is 0.0621. The van der Waals surface area contributed by atoms with Gasteiger partial charge < -0.3 is 10.4 Å². The number of carbonyl (C=O) groups is 1. The number of para-hydroxylation sites is 1. The van der Waals surface area contributed by atoms with E-state index in [0.29, 0.717) is 5.75 Å². The normalized spacial score (nSPS) is 11.8. The number of aliphatic hydroxyl groups is 1. The van der Waals surface area contributed by atoms with Crippen LogP contribution in [-0.2, 0) is 4.79 Å². The summed E-state index contributed by atoms with van der Waals surface area (Å²) in [5.41, 5.74) is 1.72. The molecule has 2 N–H and O–H groups in total. The Hall–Kier alpha value is -1.78. The first kappa shape index (κ1) is 14.6. The second-order valence-electron chi connectivity index (χ2n) is 4.24. The van der Waals surface area contributed by atoms with Crippen molar-refractivity contribution >= 4 is 23.4 Å². The molecule has 104 valence electrons. The van der Waals surface area contributed by atoms with E-state index < -0.39 is 0 Å². The van der Waals surface area contributed by atoms with Gasteiger partial charge in [-0.05, 0) is 17.7 Å².